The Morgan fingerprint density at radius 2 is 2.12 bits per heavy atom. The second kappa shape index (κ2) is 7.25. The SMILES string of the molecule is CC(=O)c1cccc(NC(=O)[C@H](C)Sc2nc3ncc(Cl)cc3[nH]2)c1. The van der Waals surface area contributed by atoms with Crippen molar-refractivity contribution >= 4 is 51.9 Å². The number of imidazole rings is 1. The molecule has 0 saturated heterocycles. The van der Waals surface area contributed by atoms with Crippen LogP contribution < -0.4 is 5.32 Å². The van der Waals surface area contributed by atoms with Crippen molar-refractivity contribution in [2.75, 3.05) is 5.32 Å². The third kappa shape index (κ3) is 4.18. The van der Waals surface area contributed by atoms with Crippen LogP contribution in [-0.4, -0.2) is 31.9 Å². The molecule has 128 valence electrons. The molecule has 0 saturated carbocycles. The molecule has 0 bridgehead atoms. The molecule has 0 spiro atoms. The van der Waals surface area contributed by atoms with E-state index in [4.69, 9.17) is 11.6 Å². The van der Waals surface area contributed by atoms with E-state index in [1.165, 1.54) is 24.9 Å². The minimum atomic E-state index is -0.392. The monoisotopic (exact) mass is 374 g/mol. The number of anilines is 1. The average molecular weight is 375 g/mol. The van der Waals surface area contributed by atoms with Gasteiger partial charge < -0.3 is 10.3 Å². The third-order valence-corrected chi connectivity index (χ3v) is 4.67. The lowest BCUT2D eigenvalue weighted by Gasteiger charge is -2.11. The molecule has 2 heterocycles. The molecule has 0 fully saturated rings. The average Bonchev–Trinajstić information content (AvgIpc) is 2.96. The van der Waals surface area contributed by atoms with Gasteiger partial charge in [-0.1, -0.05) is 35.5 Å². The van der Waals surface area contributed by atoms with Gasteiger partial charge in [-0.15, -0.1) is 0 Å². The summed E-state index contributed by atoms with van der Waals surface area (Å²) >= 11 is 7.19. The summed E-state index contributed by atoms with van der Waals surface area (Å²) in [6.45, 7) is 3.27. The van der Waals surface area contributed by atoms with Gasteiger partial charge in [-0.25, -0.2) is 9.97 Å². The lowest BCUT2D eigenvalue weighted by molar-refractivity contribution is -0.115. The van der Waals surface area contributed by atoms with E-state index in [0.717, 1.165) is 5.52 Å². The number of pyridine rings is 1. The highest BCUT2D eigenvalue weighted by Gasteiger charge is 2.17. The predicted molar refractivity (Wildman–Crippen MR) is 99.3 cm³/mol. The lowest BCUT2D eigenvalue weighted by Crippen LogP contribution is -2.22. The Morgan fingerprint density at radius 1 is 1.32 bits per heavy atom. The molecule has 2 aromatic heterocycles. The molecule has 1 aromatic carbocycles. The van der Waals surface area contributed by atoms with Crippen LogP contribution in [0, 0.1) is 0 Å². The Hall–Kier alpha value is -2.38. The van der Waals surface area contributed by atoms with E-state index in [9.17, 15) is 9.59 Å². The summed E-state index contributed by atoms with van der Waals surface area (Å²) in [4.78, 5) is 35.3. The summed E-state index contributed by atoms with van der Waals surface area (Å²) in [6.07, 6.45) is 1.53. The summed E-state index contributed by atoms with van der Waals surface area (Å²) < 4.78 is 0. The Morgan fingerprint density at radius 3 is 2.88 bits per heavy atom. The number of rotatable bonds is 5. The topological polar surface area (TPSA) is 87.7 Å². The minimum Gasteiger partial charge on any atom is -0.331 e. The van der Waals surface area contributed by atoms with E-state index in [1.54, 1.807) is 37.3 Å². The zero-order valence-corrected chi connectivity index (χ0v) is 15.1. The van der Waals surface area contributed by atoms with Crippen molar-refractivity contribution in [2.24, 2.45) is 0 Å². The zero-order chi connectivity index (χ0) is 18.0. The molecule has 0 aliphatic heterocycles. The largest absolute Gasteiger partial charge is 0.331 e. The second-order valence-corrected chi connectivity index (χ2v) is 7.22. The summed E-state index contributed by atoms with van der Waals surface area (Å²) in [7, 11) is 0. The molecule has 2 N–H and O–H groups in total. The number of H-pyrrole nitrogens is 1. The number of amides is 1. The van der Waals surface area contributed by atoms with E-state index in [0.29, 0.717) is 27.1 Å². The summed E-state index contributed by atoms with van der Waals surface area (Å²) in [6, 6.07) is 8.58. The number of carbonyl (C=O) groups excluding carboxylic acids is 2. The Labute approximate surface area is 153 Å². The van der Waals surface area contributed by atoms with Crippen molar-refractivity contribution in [3.05, 3.63) is 47.1 Å². The molecule has 3 rings (SSSR count). The number of hydrogen-bond donors (Lipinski definition) is 2. The molecule has 1 atom stereocenters. The van der Waals surface area contributed by atoms with E-state index in [-0.39, 0.29) is 11.7 Å². The minimum absolute atomic E-state index is 0.0491. The van der Waals surface area contributed by atoms with Crippen molar-refractivity contribution in [2.45, 2.75) is 24.3 Å². The highest BCUT2D eigenvalue weighted by molar-refractivity contribution is 8.00. The molecule has 1 amide bonds. The van der Waals surface area contributed by atoms with Gasteiger partial charge in [-0.3, -0.25) is 9.59 Å². The van der Waals surface area contributed by atoms with Gasteiger partial charge in [-0.05, 0) is 32.0 Å². The molecule has 8 heteroatoms. The first kappa shape index (κ1) is 17.4. The molecule has 0 aliphatic rings. The molecule has 6 nitrogen and oxygen atoms in total. The van der Waals surface area contributed by atoms with Crippen molar-refractivity contribution < 1.29 is 9.59 Å². The van der Waals surface area contributed by atoms with Gasteiger partial charge in [0.05, 0.1) is 15.8 Å². The number of fused-ring (bicyclic) bond motifs is 1. The highest BCUT2D eigenvalue weighted by atomic mass is 35.5. The molecule has 0 aliphatic carbocycles. The smallest absolute Gasteiger partial charge is 0.237 e. The van der Waals surface area contributed by atoms with Gasteiger partial charge in [0.15, 0.2) is 16.6 Å². The standard InChI is InChI=1S/C17H15ClN4O2S/c1-9(23)11-4-3-5-13(6-11)20-16(24)10(2)25-17-21-14-7-12(18)8-19-15(14)22-17/h3-8,10H,1-2H3,(H,20,24)(H,19,21,22)/t10-/m0/s1. The normalized spacial score (nSPS) is 12.1. The van der Waals surface area contributed by atoms with E-state index >= 15 is 0 Å². The van der Waals surface area contributed by atoms with Gasteiger partial charge in [0.1, 0.15) is 0 Å². The van der Waals surface area contributed by atoms with Crippen molar-refractivity contribution in [3.8, 4) is 0 Å². The number of aromatic amines is 1. The number of nitrogens with one attached hydrogen (secondary N) is 2. The number of carbonyl (C=O) groups is 2. The number of Topliss-reactive ketones (excluding diaryl/α,β-unsaturated/α-hetero) is 1. The third-order valence-electron chi connectivity index (χ3n) is 3.48. The van der Waals surface area contributed by atoms with Gasteiger partial charge >= 0.3 is 0 Å². The van der Waals surface area contributed by atoms with Crippen molar-refractivity contribution in [3.63, 3.8) is 0 Å². The number of thioether (sulfide) groups is 1. The van der Waals surface area contributed by atoms with E-state index in [1.807, 2.05) is 0 Å². The first-order chi connectivity index (χ1) is 11.9. The summed E-state index contributed by atoms with van der Waals surface area (Å²) in [5, 5.41) is 3.52. The lowest BCUT2D eigenvalue weighted by atomic mass is 10.1. The maximum atomic E-state index is 12.4. The first-order valence-corrected chi connectivity index (χ1v) is 8.78. The quantitative estimate of drug-likeness (QED) is 0.521. The Bertz CT molecular complexity index is 957. The molecule has 0 radical (unpaired) electrons. The van der Waals surface area contributed by atoms with Crippen LogP contribution in [0.1, 0.15) is 24.2 Å². The van der Waals surface area contributed by atoms with Gasteiger partial charge in [0, 0.05) is 17.4 Å². The van der Waals surface area contributed by atoms with E-state index < -0.39 is 5.25 Å². The summed E-state index contributed by atoms with van der Waals surface area (Å²) in [5.41, 5.74) is 2.41. The number of hydrogen-bond acceptors (Lipinski definition) is 5. The highest BCUT2D eigenvalue weighted by Crippen LogP contribution is 2.25. The number of ketones is 1. The number of benzene rings is 1. The van der Waals surface area contributed by atoms with Crippen LogP contribution >= 0.6 is 23.4 Å². The Kier molecular flexibility index (Phi) is 5.06. The zero-order valence-electron chi connectivity index (χ0n) is 13.5. The second-order valence-electron chi connectivity index (χ2n) is 5.45. The number of aromatic nitrogens is 3. The van der Waals surface area contributed by atoms with Crippen LogP contribution in [0.3, 0.4) is 0 Å². The van der Waals surface area contributed by atoms with Crippen LogP contribution in [0.5, 0.6) is 0 Å². The van der Waals surface area contributed by atoms with E-state index in [2.05, 4.69) is 20.3 Å². The predicted octanol–water partition coefficient (Wildman–Crippen LogP) is 3.93. The Balaban J connectivity index is 1.69. The van der Waals surface area contributed by atoms with Gasteiger partial charge in [0.2, 0.25) is 5.91 Å². The number of halogens is 1. The number of nitrogens with zero attached hydrogens (tertiary/aromatic N) is 2. The fourth-order valence-corrected chi connectivity index (χ4v) is 3.16. The van der Waals surface area contributed by atoms with Crippen LogP contribution in [0.4, 0.5) is 5.69 Å². The maximum absolute atomic E-state index is 12.4. The molecule has 25 heavy (non-hydrogen) atoms. The van der Waals surface area contributed by atoms with Crippen LogP contribution in [0.25, 0.3) is 11.2 Å². The van der Waals surface area contributed by atoms with Gasteiger partial charge in [-0.2, -0.15) is 0 Å². The fraction of sp³-hybridized carbons (Fsp3) is 0.176. The fourth-order valence-electron chi connectivity index (χ4n) is 2.19. The molecular formula is C17H15ClN4O2S. The first-order valence-electron chi connectivity index (χ1n) is 7.52. The maximum Gasteiger partial charge on any atom is 0.237 e. The van der Waals surface area contributed by atoms with Crippen LogP contribution in [-0.2, 0) is 4.79 Å². The van der Waals surface area contributed by atoms with Crippen molar-refractivity contribution in [1.82, 2.24) is 15.0 Å². The summed E-state index contributed by atoms with van der Waals surface area (Å²) in [5.74, 6) is -0.232. The van der Waals surface area contributed by atoms with Crippen molar-refractivity contribution in [1.29, 1.82) is 0 Å². The van der Waals surface area contributed by atoms with Crippen LogP contribution in [0.2, 0.25) is 5.02 Å². The molecule has 3 aromatic rings. The van der Waals surface area contributed by atoms with Crippen LogP contribution in [0.15, 0.2) is 41.7 Å². The van der Waals surface area contributed by atoms with Gasteiger partial charge in [0.25, 0.3) is 0 Å². The molecule has 0 unspecified atom stereocenters. The molecular weight excluding hydrogens is 360 g/mol.